The molecule has 0 bridgehead atoms. The molecule has 3 N–H and O–H groups in total. The molecule has 0 aliphatic carbocycles. The van der Waals surface area contributed by atoms with Crippen molar-refractivity contribution in [2.45, 2.75) is 53.1 Å². The maximum atomic E-state index is 11.6. The zero-order valence-electron chi connectivity index (χ0n) is 13.1. The van der Waals surface area contributed by atoms with Crippen molar-refractivity contribution in [1.29, 1.82) is 0 Å². The molecule has 0 saturated heterocycles. The Morgan fingerprint density at radius 2 is 1.80 bits per heavy atom. The van der Waals surface area contributed by atoms with Gasteiger partial charge in [0.25, 0.3) is 5.91 Å². The van der Waals surface area contributed by atoms with Gasteiger partial charge in [0.2, 0.25) is 0 Å². The first kappa shape index (κ1) is 16.5. The summed E-state index contributed by atoms with van der Waals surface area (Å²) in [4.78, 5) is 11.6. The highest BCUT2D eigenvalue weighted by molar-refractivity contribution is 5.77. The van der Waals surface area contributed by atoms with E-state index in [1.54, 1.807) is 0 Å². The minimum atomic E-state index is -0.0987. The van der Waals surface area contributed by atoms with Gasteiger partial charge in [0.15, 0.2) is 6.61 Å². The Morgan fingerprint density at radius 3 is 2.25 bits per heavy atom. The first-order valence-corrected chi connectivity index (χ1v) is 7.07. The van der Waals surface area contributed by atoms with Crippen molar-refractivity contribution in [3.63, 3.8) is 0 Å². The molecule has 0 saturated carbocycles. The Labute approximate surface area is 121 Å². The van der Waals surface area contributed by atoms with Crippen LogP contribution in [0.2, 0.25) is 0 Å². The SMILES string of the molecule is Cc1cc(CC(C)N)cc(C)c1OCC(=O)NC(C)C. The minimum absolute atomic E-state index is 0.0481. The van der Waals surface area contributed by atoms with Crippen molar-refractivity contribution < 1.29 is 9.53 Å². The van der Waals surface area contributed by atoms with Crippen LogP contribution in [0.15, 0.2) is 12.1 Å². The Balaban J connectivity index is 2.74. The van der Waals surface area contributed by atoms with Crippen LogP contribution in [-0.4, -0.2) is 24.6 Å². The summed E-state index contributed by atoms with van der Waals surface area (Å²) >= 11 is 0. The molecule has 0 fully saturated rings. The first-order chi connectivity index (χ1) is 9.29. The number of aryl methyl sites for hydroxylation is 2. The average Bonchev–Trinajstić information content (AvgIpc) is 2.25. The maximum absolute atomic E-state index is 11.6. The third kappa shape index (κ3) is 5.21. The molecule has 0 heterocycles. The second kappa shape index (κ2) is 7.29. The average molecular weight is 278 g/mol. The number of benzene rings is 1. The number of hydrogen-bond donors (Lipinski definition) is 2. The number of carbonyl (C=O) groups is 1. The van der Waals surface area contributed by atoms with Gasteiger partial charge in [-0.2, -0.15) is 0 Å². The van der Waals surface area contributed by atoms with Crippen molar-refractivity contribution in [3.8, 4) is 5.75 Å². The van der Waals surface area contributed by atoms with Gasteiger partial charge in [0.1, 0.15) is 5.75 Å². The van der Waals surface area contributed by atoms with E-state index in [1.807, 2.05) is 34.6 Å². The molecule has 20 heavy (non-hydrogen) atoms. The van der Waals surface area contributed by atoms with Crippen molar-refractivity contribution in [3.05, 3.63) is 28.8 Å². The molecule has 4 nitrogen and oxygen atoms in total. The molecule has 0 aliphatic heterocycles. The summed E-state index contributed by atoms with van der Waals surface area (Å²) in [5.41, 5.74) is 9.11. The Kier molecular flexibility index (Phi) is 6.02. The van der Waals surface area contributed by atoms with E-state index in [1.165, 1.54) is 5.56 Å². The molecule has 1 aromatic carbocycles. The number of nitrogens with one attached hydrogen (secondary N) is 1. The monoisotopic (exact) mass is 278 g/mol. The molecule has 112 valence electrons. The van der Waals surface area contributed by atoms with Crippen molar-refractivity contribution in [2.75, 3.05) is 6.61 Å². The highest BCUT2D eigenvalue weighted by atomic mass is 16.5. The minimum Gasteiger partial charge on any atom is -0.483 e. The van der Waals surface area contributed by atoms with Crippen LogP contribution >= 0.6 is 0 Å². The molecule has 1 amide bonds. The normalized spacial score (nSPS) is 12.3. The third-order valence-electron chi connectivity index (χ3n) is 2.88. The van der Waals surface area contributed by atoms with E-state index in [2.05, 4.69) is 17.4 Å². The molecule has 0 aliphatic rings. The van der Waals surface area contributed by atoms with Crippen molar-refractivity contribution >= 4 is 5.91 Å². The second-order valence-corrected chi connectivity index (χ2v) is 5.75. The van der Waals surface area contributed by atoms with Crippen LogP contribution in [0.25, 0.3) is 0 Å². The van der Waals surface area contributed by atoms with Crippen molar-refractivity contribution in [1.82, 2.24) is 5.32 Å². The third-order valence-corrected chi connectivity index (χ3v) is 2.88. The van der Waals surface area contributed by atoms with Gasteiger partial charge in [-0.05, 0) is 57.7 Å². The van der Waals surface area contributed by atoms with E-state index in [9.17, 15) is 4.79 Å². The van der Waals surface area contributed by atoms with Gasteiger partial charge in [-0.25, -0.2) is 0 Å². The van der Waals surface area contributed by atoms with Gasteiger partial charge < -0.3 is 15.8 Å². The van der Waals surface area contributed by atoms with E-state index in [0.29, 0.717) is 0 Å². The number of ether oxygens (including phenoxy) is 1. The Bertz CT molecular complexity index is 445. The van der Waals surface area contributed by atoms with E-state index in [-0.39, 0.29) is 24.6 Å². The number of nitrogens with two attached hydrogens (primary N) is 1. The lowest BCUT2D eigenvalue weighted by Gasteiger charge is -2.15. The summed E-state index contributed by atoms with van der Waals surface area (Å²) in [6.45, 7) is 9.88. The van der Waals surface area contributed by atoms with Gasteiger partial charge in [-0.15, -0.1) is 0 Å². The molecule has 1 unspecified atom stereocenters. The zero-order chi connectivity index (χ0) is 15.3. The lowest BCUT2D eigenvalue weighted by atomic mass is 10.0. The van der Waals surface area contributed by atoms with Gasteiger partial charge in [0, 0.05) is 12.1 Å². The molecular formula is C16H26N2O2. The van der Waals surface area contributed by atoms with Crippen LogP contribution < -0.4 is 15.8 Å². The van der Waals surface area contributed by atoms with E-state index in [4.69, 9.17) is 10.5 Å². The predicted octanol–water partition coefficient (Wildman–Crippen LogP) is 2.10. The Morgan fingerprint density at radius 1 is 1.25 bits per heavy atom. The van der Waals surface area contributed by atoms with Crippen LogP contribution in [0.5, 0.6) is 5.75 Å². The summed E-state index contributed by atoms with van der Waals surface area (Å²) in [6.07, 6.45) is 0.843. The molecular weight excluding hydrogens is 252 g/mol. The van der Waals surface area contributed by atoms with E-state index >= 15 is 0 Å². The fourth-order valence-electron chi connectivity index (χ4n) is 2.26. The number of amides is 1. The van der Waals surface area contributed by atoms with Crippen molar-refractivity contribution in [2.24, 2.45) is 5.73 Å². The Hall–Kier alpha value is -1.55. The standard InChI is InChI=1S/C16H26N2O2/c1-10(2)18-15(19)9-20-16-11(3)6-14(7-12(16)4)8-13(5)17/h6-7,10,13H,8-9,17H2,1-5H3,(H,18,19). The largest absolute Gasteiger partial charge is 0.483 e. The highest BCUT2D eigenvalue weighted by Gasteiger charge is 2.10. The molecule has 0 aromatic heterocycles. The lowest BCUT2D eigenvalue weighted by molar-refractivity contribution is -0.123. The summed E-state index contributed by atoms with van der Waals surface area (Å²) < 4.78 is 5.65. The quantitative estimate of drug-likeness (QED) is 0.837. The maximum Gasteiger partial charge on any atom is 0.258 e. The van der Waals surface area contributed by atoms with Crippen LogP contribution in [0.3, 0.4) is 0 Å². The summed E-state index contributed by atoms with van der Waals surface area (Å²) in [6, 6.07) is 4.41. The van der Waals surface area contributed by atoms with E-state index < -0.39 is 0 Å². The number of hydrogen-bond acceptors (Lipinski definition) is 3. The molecule has 1 aromatic rings. The van der Waals surface area contributed by atoms with Gasteiger partial charge in [0.05, 0.1) is 0 Å². The van der Waals surface area contributed by atoms with Gasteiger partial charge in [-0.1, -0.05) is 12.1 Å². The van der Waals surface area contributed by atoms with Crippen LogP contribution in [-0.2, 0) is 11.2 Å². The molecule has 1 atom stereocenters. The van der Waals surface area contributed by atoms with Crippen LogP contribution in [0.4, 0.5) is 0 Å². The first-order valence-electron chi connectivity index (χ1n) is 7.07. The fraction of sp³-hybridized carbons (Fsp3) is 0.562. The number of carbonyl (C=O) groups excluding carboxylic acids is 1. The topological polar surface area (TPSA) is 64.3 Å². The lowest BCUT2D eigenvalue weighted by Crippen LogP contribution is -2.34. The summed E-state index contributed by atoms with van der Waals surface area (Å²) in [5.74, 6) is 0.691. The predicted molar refractivity (Wildman–Crippen MR) is 82.0 cm³/mol. The van der Waals surface area contributed by atoms with E-state index in [0.717, 1.165) is 23.3 Å². The van der Waals surface area contributed by atoms with Crippen LogP contribution in [0.1, 0.15) is 37.5 Å². The van der Waals surface area contributed by atoms with Gasteiger partial charge in [-0.3, -0.25) is 4.79 Å². The second-order valence-electron chi connectivity index (χ2n) is 5.75. The fourth-order valence-corrected chi connectivity index (χ4v) is 2.26. The zero-order valence-corrected chi connectivity index (χ0v) is 13.1. The summed E-state index contributed by atoms with van der Waals surface area (Å²) in [5, 5.41) is 2.81. The molecule has 0 radical (unpaired) electrons. The summed E-state index contributed by atoms with van der Waals surface area (Å²) in [7, 11) is 0. The highest BCUT2D eigenvalue weighted by Crippen LogP contribution is 2.25. The molecule has 0 spiro atoms. The van der Waals surface area contributed by atoms with Gasteiger partial charge >= 0.3 is 0 Å². The molecule has 4 heteroatoms. The molecule has 1 rings (SSSR count). The van der Waals surface area contributed by atoms with Crippen LogP contribution in [0, 0.1) is 13.8 Å². The number of rotatable bonds is 6. The smallest absolute Gasteiger partial charge is 0.258 e.